The summed E-state index contributed by atoms with van der Waals surface area (Å²) in [5.74, 6) is -5.07. The Morgan fingerprint density at radius 3 is 2.42 bits per heavy atom. The van der Waals surface area contributed by atoms with Crippen molar-refractivity contribution in [3.8, 4) is 0 Å². The van der Waals surface area contributed by atoms with E-state index in [1.165, 1.54) is 12.1 Å². The summed E-state index contributed by atoms with van der Waals surface area (Å²) in [4.78, 5) is 49.1. The molecule has 1 aliphatic heterocycles. The van der Waals surface area contributed by atoms with Crippen molar-refractivity contribution in [3.63, 3.8) is 0 Å². The van der Waals surface area contributed by atoms with Gasteiger partial charge in [-0.3, -0.25) is 19.2 Å². The smallest absolute Gasteiger partial charge is 0.322 e. The van der Waals surface area contributed by atoms with Gasteiger partial charge < -0.3 is 15.2 Å². The summed E-state index contributed by atoms with van der Waals surface area (Å²) >= 11 is 12.1. The van der Waals surface area contributed by atoms with Crippen LogP contribution in [0.3, 0.4) is 0 Å². The van der Waals surface area contributed by atoms with Crippen LogP contribution in [0.2, 0.25) is 10.0 Å². The number of halogens is 2. The molecule has 1 aromatic carbocycles. The summed E-state index contributed by atoms with van der Waals surface area (Å²) in [6, 6.07) is 2.87. The first kappa shape index (κ1) is 18.8. The fourth-order valence-corrected chi connectivity index (χ4v) is 3.90. The molecule has 1 fully saturated rings. The van der Waals surface area contributed by atoms with E-state index < -0.39 is 41.3 Å². The Labute approximate surface area is 158 Å². The highest BCUT2D eigenvalue weighted by molar-refractivity contribution is 6.42. The highest BCUT2D eigenvalue weighted by Gasteiger charge is 2.54. The van der Waals surface area contributed by atoms with Gasteiger partial charge in [-0.25, -0.2) is 0 Å². The molecule has 1 spiro atoms. The van der Waals surface area contributed by atoms with E-state index in [-0.39, 0.29) is 15.6 Å². The third-order valence-electron chi connectivity index (χ3n) is 4.86. The lowest BCUT2D eigenvalue weighted by Crippen LogP contribution is -2.55. The number of carboxylic acids is 1. The van der Waals surface area contributed by atoms with Crippen LogP contribution in [0.1, 0.15) is 28.8 Å². The zero-order valence-electron chi connectivity index (χ0n) is 13.5. The molecule has 3 rings (SSSR count). The Balaban J connectivity index is 2.11. The molecule has 0 saturated carbocycles. The second-order valence-electron chi connectivity index (χ2n) is 6.28. The first-order chi connectivity index (χ1) is 12.3. The second-order valence-corrected chi connectivity index (χ2v) is 7.09. The van der Waals surface area contributed by atoms with Crippen molar-refractivity contribution in [1.82, 2.24) is 5.32 Å². The summed E-state index contributed by atoms with van der Waals surface area (Å²) in [5.41, 5.74) is -0.468. The van der Waals surface area contributed by atoms with Crippen molar-refractivity contribution in [2.24, 2.45) is 5.92 Å². The molecule has 1 unspecified atom stereocenters. The Kier molecular flexibility index (Phi) is 5.05. The van der Waals surface area contributed by atoms with Crippen molar-refractivity contribution in [2.75, 3.05) is 19.8 Å². The first-order valence-corrected chi connectivity index (χ1v) is 8.69. The maximum Gasteiger partial charge on any atom is 0.322 e. The number of carbonyl (C=O) groups excluding carboxylic acids is 3. The maximum absolute atomic E-state index is 13.2. The Bertz CT molecular complexity index is 816. The zero-order valence-corrected chi connectivity index (χ0v) is 15.0. The number of ether oxygens (including phenoxy) is 1. The van der Waals surface area contributed by atoms with Gasteiger partial charge >= 0.3 is 5.97 Å². The Morgan fingerprint density at radius 1 is 1.19 bits per heavy atom. The van der Waals surface area contributed by atoms with E-state index in [1.807, 2.05) is 0 Å². The lowest BCUT2D eigenvalue weighted by molar-refractivity contribution is -0.142. The summed E-state index contributed by atoms with van der Waals surface area (Å²) in [5, 5.41) is 11.2. The molecule has 1 atom stereocenters. The summed E-state index contributed by atoms with van der Waals surface area (Å²) in [6.45, 7) is -0.0909. The van der Waals surface area contributed by atoms with E-state index in [1.54, 1.807) is 0 Å². The maximum atomic E-state index is 13.2. The summed E-state index contributed by atoms with van der Waals surface area (Å²) in [6.07, 6.45) is 0.597. The number of Topliss-reactive ketones (excluding diaryl/α,β-unsaturated/α-hetero) is 2. The minimum Gasteiger partial charge on any atom is -0.480 e. The average molecular weight is 400 g/mol. The highest BCUT2D eigenvalue weighted by atomic mass is 35.5. The van der Waals surface area contributed by atoms with Crippen molar-refractivity contribution in [2.45, 2.75) is 18.3 Å². The average Bonchev–Trinajstić information content (AvgIpc) is 2.61. The number of hydrogen-bond acceptors (Lipinski definition) is 5. The number of amides is 1. The predicted molar refractivity (Wildman–Crippen MR) is 91.7 cm³/mol. The van der Waals surface area contributed by atoms with E-state index in [0.717, 1.165) is 0 Å². The molecule has 0 bridgehead atoms. The molecule has 2 N–H and O–H groups in total. The third-order valence-corrected chi connectivity index (χ3v) is 5.58. The summed E-state index contributed by atoms with van der Waals surface area (Å²) in [7, 11) is 0. The number of nitrogens with one attached hydrogen (secondary N) is 1. The SMILES string of the molecule is O=C(O)CNC(=O)C1C(=O)c2cc(Cl)c(Cl)cc2C2(CCOCC2)C1=O. The zero-order chi connectivity index (χ0) is 19.1. The van der Waals surface area contributed by atoms with E-state index in [2.05, 4.69) is 5.32 Å². The highest BCUT2D eigenvalue weighted by Crippen LogP contribution is 2.46. The molecular formula is C17H15Cl2NO6. The molecule has 138 valence electrons. The standard InChI is InChI=1S/C17H15Cl2NO6/c18-10-5-8-9(6-11(10)19)17(1-3-26-4-2-17)15(24)13(14(8)23)16(25)20-7-12(21)22/h5-6,13H,1-4,7H2,(H,20,25)(H,21,22). The Morgan fingerprint density at radius 2 is 1.81 bits per heavy atom. The molecule has 1 saturated heterocycles. The van der Waals surface area contributed by atoms with Crippen molar-refractivity contribution in [3.05, 3.63) is 33.3 Å². The van der Waals surface area contributed by atoms with Crippen LogP contribution in [0, 0.1) is 5.92 Å². The molecule has 26 heavy (non-hydrogen) atoms. The lowest BCUT2D eigenvalue weighted by atomic mass is 9.61. The van der Waals surface area contributed by atoms with Gasteiger partial charge in [-0.05, 0) is 30.5 Å². The summed E-state index contributed by atoms with van der Waals surface area (Å²) < 4.78 is 5.34. The van der Waals surface area contributed by atoms with Crippen LogP contribution in [0.4, 0.5) is 0 Å². The van der Waals surface area contributed by atoms with Crippen molar-refractivity contribution >= 4 is 46.6 Å². The number of ketones is 2. The molecule has 9 heteroatoms. The van der Waals surface area contributed by atoms with Gasteiger partial charge in [0.15, 0.2) is 17.5 Å². The van der Waals surface area contributed by atoms with E-state index in [4.69, 9.17) is 33.0 Å². The number of rotatable bonds is 3. The minimum atomic E-state index is -1.61. The second kappa shape index (κ2) is 6.98. The van der Waals surface area contributed by atoms with Gasteiger partial charge in [0.2, 0.25) is 5.91 Å². The molecule has 1 aromatic rings. The number of fused-ring (bicyclic) bond motifs is 2. The van der Waals surface area contributed by atoms with E-state index in [9.17, 15) is 19.2 Å². The quantitative estimate of drug-likeness (QED) is 0.747. The molecule has 1 heterocycles. The first-order valence-electron chi connectivity index (χ1n) is 7.93. The van der Waals surface area contributed by atoms with Crippen LogP contribution in [0.5, 0.6) is 0 Å². The van der Waals surface area contributed by atoms with Gasteiger partial charge in [0.05, 0.1) is 15.5 Å². The molecule has 2 aliphatic rings. The van der Waals surface area contributed by atoms with Gasteiger partial charge in [-0.2, -0.15) is 0 Å². The number of benzene rings is 1. The molecule has 7 nitrogen and oxygen atoms in total. The van der Waals surface area contributed by atoms with Gasteiger partial charge in [0, 0.05) is 18.8 Å². The van der Waals surface area contributed by atoms with Crippen LogP contribution in [-0.4, -0.2) is 48.3 Å². The number of carbonyl (C=O) groups is 4. The molecule has 0 radical (unpaired) electrons. The van der Waals surface area contributed by atoms with Crippen LogP contribution >= 0.6 is 23.2 Å². The van der Waals surface area contributed by atoms with Crippen LogP contribution in [0.15, 0.2) is 12.1 Å². The van der Waals surface area contributed by atoms with Gasteiger partial charge in [0.25, 0.3) is 0 Å². The van der Waals surface area contributed by atoms with Crippen molar-refractivity contribution in [1.29, 1.82) is 0 Å². The van der Waals surface area contributed by atoms with E-state index in [0.29, 0.717) is 31.6 Å². The van der Waals surface area contributed by atoms with Gasteiger partial charge in [0.1, 0.15) is 6.54 Å². The van der Waals surface area contributed by atoms with E-state index >= 15 is 0 Å². The largest absolute Gasteiger partial charge is 0.480 e. The van der Waals surface area contributed by atoms with Gasteiger partial charge in [-0.15, -0.1) is 0 Å². The topological polar surface area (TPSA) is 110 Å². The molecule has 1 aliphatic carbocycles. The normalized spacial score (nSPS) is 21.4. The van der Waals surface area contributed by atoms with Gasteiger partial charge in [-0.1, -0.05) is 23.2 Å². The lowest BCUT2D eigenvalue weighted by Gasteiger charge is -2.42. The fraction of sp³-hybridized carbons (Fsp3) is 0.412. The molecule has 0 aromatic heterocycles. The number of carboxylic acid groups (broad SMARTS) is 1. The van der Waals surface area contributed by atoms with Crippen LogP contribution < -0.4 is 5.32 Å². The molecular weight excluding hydrogens is 385 g/mol. The number of hydrogen-bond donors (Lipinski definition) is 2. The Hall–Kier alpha value is -1.96. The molecule has 1 amide bonds. The minimum absolute atomic E-state index is 0.139. The van der Waals surface area contributed by atoms with Crippen molar-refractivity contribution < 1.29 is 29.0 Å². The van der Waals surface area contributed by atoms with Crippen LogP contribution in [-0.2, 0) is 24.5 Å². The third kappa shape index (κ3) is 3.00. The number of aliphatic carboxylic acids is 1. The van der Waals surface area contributed by atoms with Crippen LogP contribution in [0.25, 0.3) is 0 Å². The monoisotopic (exact) mass is 399 g/mol. The fourth-order valence-electron chi connectivity index (χ4n) is 3.57. The predicted octanol–water partition coefficient (Wildman–Crippen LogP) is 1.62.